The Balaban J connectivity index is 2.11. The van der Waals surface area contributed by atoms with Crippen LogP contribution in [-0.4, -0.2) is 22.3 Å². The highest BCUT2D eigenvalue weighted by molar-refractivity contribution is 9.12. The van der Waals surface area contributed by atoms with Gasteiger partial charge in [0, 0.05) is 5.02 Å². The van der Waals surface area contributed by atoms with E-state index in [1.165, 1.54) is 0 Å². The summed E-state index contributed by atoms with van der Waals surface area (Å²) in [4.78, 5) is 11.9. The van der Waals surface area contributed by atoms with Crippen molar-refractivity contribution >= 4 is 49.2 Å². The summed E-state index contributed by atoms with van der Waals surface area (Å²) >= 11 is 12.9. The van der Waals surface area contributed by atoms with Gasteiger partial charge in [-0.3, -0.25) is 4.79 Å². The number of carbonyl (C=O) groups excluding carboxylic acids is 1. The molecule has 1 fully saturated rings. The number of epoxide rings is 1. The van der Waals surface area contributed by atoms with Crippen LogP contribution < -0.4 is 0 Å². The second-order valence-electron chi connectivity index (χ2n) is 4.59. The minimum absolute atomic E-state index is 0.00466. The average Bonchev–Trinajstić information content (AvgIpc) is 2.97. The summed E-state index contributed by atoms with van der Waals surface area (Å²) in [5, 5.41) is 0.682. The van der Waals surface area contributed by atoms with E-state index in [4.69, 9.17) is 16.3 Å². The number of rotatable bonds is 4. The Labute approximate surface area is 128 Å². The summed E-state index contributed by atoms with van der Waals surface area (Å²) in [5.41, 5.74) is 0.360. The van der Waals surface area contributed by atoms with Gasteiger partial charge in [-0.15, -0.1) is 0 Å². The maximum Gasteiger partial charge on any atom is 0.182 e. The first-order valence-electron chi connectivity index (χ1n) is 5.62. The molecule has 0 saturated carbocycles. The molecule has 1 aliphatic rings. The van der Waals surface area contributed by atoms with Gasteiger partial charge in [-0.25, -0.2) is 0 Å². The van der Waals surface area contributed by atoms with Crippen LogP contribution in [0.1, 0.15) is 24.2 Å². The van der Waals surface area contributed by atoms with Crippen molar-refractivity contribution in [2.24, 2.45) is 0 Å². The molecule has 4 atom stereocenters. The van der Waals surface area contributed by atoms with Crippen LogP contribution in [0, 0.1) is 0 Å². The summed E-state index contributed by atoms with van der Waals surface area (Å²) in [6.07, 6.45) is -0.00466. The lowest BCUT2D eigenvalue weighted by molar-refractivity contribution is -0.122. The first-order valence-corrected chi connectivity index (χ1v) is 7.83. The molecule has 1 heterocycles. The molecule has 0 radical (unpaired) electrons. The predicted molar refractivity (Wildman–Crippen MR) is 79.8 cm³/mol. The van der Waals surface area contributed by atoms with E-state index in [0.29, 0.717) is 5.02 Å². The van der Waals surface area contributed by atoms with E-state index in [9.17, 15) is 4.79 Å². The molecule has 0 amide bonds. The maximum atomic E-state index is 12.3. The van der Waals surface area contributed by atoms with Gasteiger partial charge in [0.2, 0.25) is 0 Å². The zero-order chi connectivity index (χ0) is 13.5. The molecule has 1 aromatic carbocycles. The lowest BCUT2D eigenvalue weighted by Gasteiger charge is -2.18. The number of carbonyl (C=O) groups is 1. The van der Waals surface area contributed by atoms with E-state index >= 15 is 0 Å². The van der Waals surface area contributed by atoms with E-state index in [1.807, 2.05) is 38.1 Å². The second-order valence-corrected chi connectivity index (χ2v) is 7.00. The van der Waals surface area contributed by atoms with Crippen LogP contribution in [0.2, 0.25) is 5.02 Å². The van der Waals surface area contributed by atoms with Crippen LogP contribution in [0.3, 0.4) is 0 Å². The standard InChI is InChI=1S/C13H13Br2ClO2/c1-7-13(2,18-7)12(17)11(15)10(14)8-3-5-9(16)6-4-8/h3-7,10-11H,1-2H3/t7-,10-,11-,13-/m1/s1. The second kappa shape index (κ2) is 5.23. The number of halogens is 3. The van der Waals surface area contributed by atoms with Gasteiger partial charge < -0.3 is 4.74 Å². The fourth-order valence-electron chi connectivity index (χ4n) is 1.81. The molecule has 1 aliphatic heterocycles. The normalized spacial score (nSPS) is 29.7. The van der Waals surface area contributed by atoms with Crippen molar-refractivity contribution in [3.05, 3.63) is 34.9 Å². The summed E-state index contributed by atoms with van der Waals surface area (Å²) in [6, 6.07) is 7.44. The van der Waals surface area contributed by atoms with Crippen LogP contribution in [0.15, 0.2) is 24.3 Å². The Bertz CT molecular complexity index is 463. The number of alkyl halides is 2. The number of ketones is 1. The number of ether oxygens (including phenoxy) is 1. The maximum absolute atomic E-state index is 12.3. The smallest absolute Gasteiger partial charge is 0.182 e. The summed E-state index contributed by atoms with van der Waals surface area (Å²) in [7, 11) is 0. The molecule has 0 aromatic heterocycles. The van der Waals surface area contributed by atoms with Crippen molar-refractivity contribution in [3.63, 3.8) is 0 Å². The topological polar surface area (TPSA) is 29.6 Å². The average molecular weight is 397 g/mol. The molecule has 0 bridgehead atoms. The third-order valence-electron chi connectivity index (χ3n) is 3.33. The molecule has 0 N–H and O–H groups in total. The molecule has 1 saturated heterocycles. The molecular weight excluding hydrogens is 383 g/mol. The van der Waals surface area contributed by atoms with Crippen LogP contribution >= 0.6 is 43.5 Å². The number of hydrogen-bond acceptors (Lipinski definition) is 2. The number of Topliss-reactive ketones (excluding diaryl/α,β-unsaturated/α-hetero) is 1. The molecule has 0 aliphatic carbocycles. The summed E-state index contributed by atoms with van der Waals surface area (Å²) in [6.45, 7) is 3.74. The van der Waals surface area contributed by atoms with Gasteiger partial charge in [-0.2, -0.15) is 0 Å². The van der Waals surface area contributed by atoms with Crippen LogP contribution in [0.5, 0.6) is 0 Å². The van der Waals surface area contributed by atoms with Gasteiger partial charge in [-0.1, -0.05) is 55.6 Å². The molecule has 98 valence electrons. The SMILES string of the molecule is C[C@H]1O[C@@]1(C)C(=O)[C@H](Br)[C@H](Br)c1ccc(Cl)cc1. The van der Waals surface area contributed by atoms with Gasteiger partial charge in [0.15, 0.2) is 11.4 Å². The van der Waals surface area contributed by atoms with Crippen molar-refractivity contribution in [2.45, 2.75) is 35.2 Å². The molecule has 5 heteroatoms. The minimum atomic E-state index is -0.646. The monoisotopic (exact) mass is 394 g/mol. The molecule has 2 rings (SSSR count). The number of hydrogen-bond donors (Lipinski definition) is 0. The molecule has 2 nitrogen and oxygen atoms in total. The van der Waals surface area contributed by atoms with Gasteiger partial charge in [0.05, 0.1) is 15.8 Å². The molecule has 1 aromatic rings. The fraction of sp³-hybridized carbons (Fsp3) is 0.462. The Morgan fingerprint density at radius 1 is 1.39 bits per heavy atom. The van der Waals surface area contributed by atoms with E-state index in [1.54, 1.807) is 0 Å². The van der Waals surface area contributed by atoms with Crippen molar-refractivity contribution in [3.8, 4) is 0 Å². The number of benzene rings is 1. The van der Waals surface area contributed by atoms with Crippen molar-refractivity contribution < 1.29 is 9.53 Å². The van der Waals surface area contributed by atoms with Crippen molar-refractivity contribution in [1.29, 1.82) is 0 Å². The van der Waals surface area contributed by atoms with Crippen molar-refractivity contribution in [1.82, 2.24) is 0 Å². The fourth-order valence-corrected chi connectivity index (χ4v) is 3.24. The third-order valence-corrected chi connectivity index (χ3v) is 6.29. The Morgan fingerprint density at radius 3 is 2.33 bits per heavy atom. The van der Waals surface area contributed by atoms with Crippen LogP contribution in [0.4, 0.5) is 0 Å². The zero-order valence-corrected chi connectivity index (χ0v) is 13.9. The highest BCUT2D eigenvalue weighted by Crippen LogP contribution is 2.42. The Kier molecular flexibility index (Phi) is 4.22. The van der Waals surface area contributed by atoms with E-state index in [-0.39, 0.29) is 21.5 Å². The Morgan fingerprint density at radius 2 is 1.89 bits per heavy atom. The highest BCUT2D eigenvalue weighted by Gasteiger charge is 2.57. The first kappa shape index (κ1) is 14.5. The highest BCUT2D eigenvalue weighted by atomic mass is 79.9. The lowest BCUT2D eigenvalue weighted by Crippen LogP contribution is -2.33. The van der Waals surface area contributed by atoms with Crippen molar-refractivity contribution in [2.75, 3.05) is 0 Å². The van der Waals surface area contributed by atoms with Gasteiger partial charge in [-0.05, 0) is 31.5 Å². The van der Waals surface area contributed by atoms with E-state index < -0.39 is 5.60 Å². The lowest BCUT2D eigenvalue weighted by atomic mass is 9.97. The first-order chi connectivity index (χ1) is 8.36. The van der Waals surface area contributed by atoms with Gasteiger partial charge in [0.25, 0.3) is 0 Å². The molecule has 18 heavy (non-hydrogen) atoms. The Hall–Kier alpha value is 0.1000. The van der Waals surface area contributed by atoms with Crippen LogP contribution in [0.25, 0.3) is 0 Å². The quantitative estimate of drug-likeness (QED) is 0.561. The predicted octanol–water partition coefficient (Wildman–Crippen LogP) is 4.29. The summed E-state index contributed by atoms with van der Waals surface area (Å²) in [5.74, 6) is 0.0619. The minimum Gasteiger partial charge on any atom is -0.358 e. The van der Waals surface area contributed by atoms with Crippen LogP contribution in [-0.2, 0) is 9.53 Å². The van der Waals surface area contributed by atoms with E-state index in [0.717, 1.165) is 5.56 Å². The zero-order valence-electron chi connectivity index (χ0n) is 9.99. The molecular formula is C13H13Br2ClO2. The molecule has 0 spiro atoms. The van der Waals surface area contributed by atoms with Gasteiger partial charge >= 0.3 is 0 Å². The van der Waals surface area contributed by atoms with Gasteiger partial charge in [0.1, 0.15) is 0 Å². The molecule has 0 unspecified atom stereocenters. The third kappa shape index (κ3) is 2.67. The summed E-state index contributed by atoms with van der Waals surface area (Å²) < 4.78 is 5.37. The largest absolute Gasteiger partial charge is 0.358 e. The van der Waals surface area contributed by atoms with E-state index in [2.05, 4.69) is 31.9 Å².